The molecular weight excluding hydrogens is 236 g/mol. The van der Waals surface area contributed by atoms with Crippen molar-refractivity contribution < 1.29 is 0 Å². The van der Waals surface area contributed by atoms with E-state index in [2.05, 4.69) is 27.9 Å². The van der Waals surface area contributed by atoms with Crippen LogP contribution in [0, 0.1) is 11.8 Å². The molecule has 19 heavy (non-hydrogen) atoms. The van der Waals surface area contributed by atoms with E-state index < -0.39 is 0 Å². The third-order valence-electron chi connectivity index (χ3n) is 4.69. The third kappa shape index (κ3) is 2.59. The molecule has 104 valence electrons. The molecule has 0 radical (unpaired) electrons. The fraction of sp³-hybridized carbons (Fsp3) is 0.733. The predicted molar refractivity (Wildman–Crippen MR) is 77.0 cm³/mol. The summed E-state index contributed by atoms with van der Waals surface area (Å²) in [6.45, 7) is 4.39. The minimum Gasteiger partial charge on any atom is -0.356 e. The van der Waals surface area contributed by atoms with Crippen LogP contribution >= 0.6 is 0 Å². The van der Waals surface area contributed by atoms with Gasteiger partial charge in [0, 0.05) is 30.9 Å². The van der Waals surface area contributed by atoms with Gasteiger partial charge in [-0.2, -0.15) is 0 Å². The van der Waals surface area contributed by atoms with Crippen LogP contribution < -0.4 is 10.6 Å². The van der Waals surface area contributed by atoms with Crippen LogP contribution in [0.15, 0.2) is 12.4 Å². The number of rotatable bonds is 3. The maximum absolute atomic E-state index is 6.28. The predicted octanol–water partition coefficient (Wildman–Crippen LogP) is 1.99. The highest BCUT2D eigenvalue weighted by Gasteiger charge is 2.39. The number of nitrogens with zero attached hydrogens (tertiary/aromatic N) is 3. The fourth-order valence-electron chi connectivity index (χ4n) is 3.66. The summed E-state index contributed by atoms with van der Waals surface area (Å²) in [6.07, 6.45) is 7.70. The van der Waals surface area contributed by atoms with Crippen molar-refractivity contribution in [3.8, 4) is 0 Å². The summed E-state index contributed by atoms with van der Waals surface area (Å²) in [5.41, 5.74) is 7.44. The zero-order chi connectivity index (χ0) is 13.2. The van der Waals surface area contributed by atoms with E-state index in [-0.39, 0.29) is 0 Å². The highest BCUT2D eigenvalue weighted by molar-refractivity contribution is 5.41. The van der Waals surface area contributed by atoms with Crippen LogP contribution in [0.3, 0.4) is 0 Å². The Labute approximate surface area is 115 Å². The van der Waals surface area contributed by atoms with E-state index in [1.54, 1.807) is 6.33 Å². The van der Waals surface area contributed by atoms with Crippen molar-refractivity contribution in [2.24, 2.45) is 17.6 Å². The van der Waals surface area contributed by atoms with E-state index in [9.17, 15) is 0 Å². The van der Waals surface area contributed by atoms with Crippen molar-refractivity contribution >= 4 is 5.82 Å². The molecule has 2 N–H and O–H groups in total. The number of nitrogens with two attached hydrogens (primary N) is 1. The van der Waals surface area contributed by atoms with Crippen LogP contribution in [0.25, 0.3) is 0 Å². The summed E-state index contributed by atoms with van der Waals surface area (Å²) in [7, 11) is 0. The second-order valence-corrected chi connectivity index (χ2v) is 6.04. The van der Waals surface area contributed by atoms with Crippen LogP contribution in [0.1, 0.15) is 38.3 Å². The third-order valence-corrected chi connectivity index (χ3v) is 4.69. The van der Waals surface area contributed by atoms with Crippen LogP contribution in [-0.4, -0.2) is 29.1 Å². The maximum Gasteiger partial charge on any atom is 0.132 e. The minimum absolute atomic E-state index is 0.390. The smallest absolute Gasteiger partial charge is 0.132 e. The van der Waals surface area contributed by atoms with Gasteiger partial charge in [0.2, 0.25) is 0 Å². The van der Waals surface area contributed by atoms with Gasteiger partial charge in [-0.3, -0.25) is 0 Å². The van der Waals surface area contributed by atoms with Gasteiger partial charge in [-0.05, 0) is 31.1 Å². The first-order chi connectivity index (χ1) is 9.28. The molecule has 3 unspecified atom stereocenters. The monoisotopic (exact) mass is 260 g/mol. The minimum atomic E-state index is 0.390. The Hall–Kier alpha value is -1.16. The first-order valence-corrected chi connectivity index (χ1v) is 7.59. The van der Waals surface area contributed by atoms with Gasteiger partial charge in [-0.25, -0.2) is 9.97 Å². The van der Waals surface area contributed by atoms with Gasteiger partial charge < -0.3 is 10.6 Å². The average molecular weight is 260 g/mol. The largest absolute Gasteiger partial charge is 0.356 e. The number of aryl methyl sites for hydroxylation is 1. The van der Waals surface area contributed by atoms with Crippen molar-refractivity contribution in [2.75, 3.05) is 18.0 Å². The van der Waals surface area contributed by atoms with Gasteiger partial charge in [-0.1, -0.05) is 19.8 Å². The van der Waals surface area contributed by atoms with Crippen molar-refractivity contribution in [2.45, 2.75) is 45.1 Å². The molecule has 0 amide bonds. The summed E-state index contributed by atoms with van der Waals surface area (Å²) in [4.78, 5) is 11.2. The molecule has 0 spiro atoms. The molecule has 4 nitrogen and oxygen atoms in total. The summed E-state index contributed by atoms with van der Waals surface area (Å²) in [5, 5.41) is 0. The van der Waals surface area contributed by atoms with E-state index in [1.807, 2.05) is 0 Å². The second kappa shape index (κ2) is 5.45. The van der Waals surface area contributed by atoms with E-state index in [1.165, 1.54) is 19.3 Å². The zero-order valence-electron chi connectivity index (χ0n) is 11.8. The molecule has 2 aliphatic rings. The second-order valence-electron chi connectivity index (χ2n) is 6.04. The van der Waals surface area contributed by atoms with E-state index in [0.29, 0.717) is 12.0 Å². The number of fused-ring (bicyclic) bond motifs is 1. The molecule has 1 saturated carbocycles. The highest BCUT2D eigenvalue weighted by atomic mass is 15.2. The van der Waals surface area contributed by atoms with Crippen molar-refractivity contribution in [3.05, 3.63) is 18.1 Å². The number of hydrogen-bond acceptors (Lipinski definition) is 4. The van der Waals surface area contributed by atoms with Crippen molar-refractivity contribution in [3.63, 3.8) is 0 Å². The molecule has 3 rings (SSSR count). The van der Waals surface area contributed by atoms with Gasteiger partial charge in [0.15, 0.2) is 0 Å². The summed E-state index contributed by atoms with van der Waals surface area (Å²) >= 11 is 0. The van der Waals surface area contributed by atoms with E-state index >= 15 is 0 Å². The first kappa shape index (κ1) is 12.9. The number of anilines is 1. The lowest BCUT2D eigenvalue weighted by Crippen LogP contribution is -2.38. The summed E-state index contributed by atoms with van der Waals surface area (Å²) in [5.74, 6) is 2.53. The number of hydrogen-bond donors (Lipinski definition) is 1. The Bertz CT molecular complexity index is 434. The molecular formula is C15H24N4. The summed E-state index contributed by atoms with van der Waals surface area (Å²) in [6, 6.07) is 2.55. The van der Waals surface area contributed by atoms with Gasteiger partial charge in [-0.15, -0.1) is 0 Å². The normalized spacial score (nSPS) is 30.4. The summed E-state index contributed by atoms with van der Waals surface area (Å²) < 4.78 is 0. The Kier molecular flexibility index (Phi) is 3.69. The number of aromatic nitrogens is 2. The lowest BCUT2D eigenvalue weighted by atomic mass is 9.78. The molecule has 1 saturated heterocycles. The van der Waals surface area contributed by atoms with Crippen LogP contribution in [0.2, 0.25) is 0 Å². The zero-order valence-corrected chi connectivity index (χ0v) is 11.8. The lowest BCUT2D eigenvalue weighted by molar-refractivity contribution is 0.260. The van der Waals surface area contributed by atoms with Crippen molar-refractivity contribution in [1.82, 2.24) is 9.97 Å². The Morgan fingerprint density at radius 3 is 3.00 bits per heavy atom. The SMILES string of the molecule is CCCc1cc(N2CC3CCCC(N)C3C2)ncn1. The molecule has 3 atom stereocenters. The van der Waals surface area contributed by atoms with Gasteiger partial charge in [0.25, 0.3) is 0 Å². The van der Waals surface area contributed by atoms with Crippen LogP contribution in [0.5, 0.6) is 0 Å². The highest BCUT2D eigenvalue weighted by Crippen LogP contribution is 2.37. The quantitative estimate of drug-likeness (QED) is 0.903. The lowest BCUT2D eigenvalue weighted by Gasteiger charge is -2.29. The Morgan fingerprint density at radius 1 is 1.32 bits per heavy atom. The first-order valence-electron chi connectivity index (χ1n) is 7.59. The van der Waals surface area contributed by atoms with Gasteiger partial charge in [0.05, 0.1) is 0 Å². The van der Waals surface area contributed by atoms with Crippen molar-refractivity contribution in [1.29, 1.82) is 0 Å². The molecule has 1 aliphatic heterocycles. The fourth-order valence-corrected chi connectivity index (χ4v) is 3.66. The van der Waals surface area contributed by atoms with E-state index in [4.69, 9.17) is 5.73 Å². The molecule has 0 aromatic carbocycles. The topological polar surface area (TPSA) is 55.0 Å². The average Bonchev–Trinajstić information content (AvgIpc) is 2.85. The molecule has 1 aromatic rings. The van der Waals surface area contributed by atoms with E-state index in [0.717, 1.165) is 43.4 Å². The van der Waals surface area contributed by atoms with Crippen LogP contribution in [0.4, 0.5) is 5.82 Å². The standard InChI is InChI=1S/C15H24N4/c1-2-4-12-7-15(18-10-17-12)19-8-11-5-3-6-14(16)13(11)9-19/h7,10-11,13-14H,2-6,8-9,16H2,1H3. The van der Waals surface area contributed by atoms with Gasteiger partial charge >= 0.3 is 0 Å². The Balaban J connectivity index is 1.74. The van der Waals surface area contributed by atoms with Gasteiger partial charge in [0.1, 0.15) is 12.1 Å². The molecule has 2 fully saturated rings. The maximum atomic E-state index is 6.28. The molecule has 1 aliphatic carbocycles. The Morgan fingerprint density at radius 2 is 2.21 bits per heavy atom. The molecule has 4 heteroatoms. The van der Waals surface area contributed by atoms with Crippen LogP contribution in [-0.2, 0) is 6.42 Å². The molecule has 0 bridgehead atoms. The molecule has 2 heterocycles. The molecule has 1 aromatic heterocycles.